The van der Waals surface area contributed by atoms with E-state index in [0.717, 1.165) is 6.42 Å². The van der Waals surface area contributed by atoms with Crippen LogP contribution in [0.2, 0.25) is 0 Å². The molecule has 0 aliphatic rings. The maximum atomic E-state index is 3.74. The third kappa shape index (κ3) is 2.23. The van der Waals surface area contributed by atoms with Gasteiger partial charge in [-0.15, -0.1) is 0 Å². The molecule has 0 bridgehead atoms. The Balaban J connectivity index is 2.93. The van der Waals surface area contributed by atoms with Gasteiger partial charge in [-0.25, -0.2) is 0 Å². The van der Waals surface area contributed by atoms with Crippen molar-refractivity contribution < 1.29 is 0 Å². The predicted molar refractivity (Wildman–Crippen MR) is 62.7 cm³/mol. The Bertz CT molecular complexity index is 240. The first-order valence-electron chi connectivity index (χ1n) is 2.78. The second kappa shape index (κ2) is 4.48. The maximum absolute atomic E-state index is 3.74. The van der Waals surface area contributed by atoms with Gasteiger partial charge in [0.05, 0.1) is 0 Å². The van der Waals surface area contributed by atoms with E-state index in [1.165, 1.54) is 7.14 Å². The predicted octanol–water partition coefficient (Wildman–Crippen LogP) is 2.68. The molecule has 0 aliphatic carbocycles. The minimum atomic E-state index is 0.0559. The van der Waals surface area contributed by atoms with E-state index < -0.39 is 0 Å². The van der Waals surface area contributed by atoms with Crippen LogP contribution in [0.25, 0.3) is 0 Å². The van der Waals surface area contributed by atoms with E-state index >= 15 is 0 Å². The number of halogens is 2. The molecule has 1 heterocycles. The Morgan fingerprint density at radius 2 is 2.30 bits per heavy atom. The molecule has 3 heteroatoms. The van der Waals surface area contributed by atoms with Gasteiger partial charge < -0.3 is 0 Å². The molecule has 0 unspecified atom stereocenters. The van der Waals surface area contributed by atoms with E-state index in [9.17, 15) is 0 Å². The molecule has 0 fully saturated rings. The average molecular weight is 472 g/mol. The monoisotopic (exact) mass is 474 g/mol. The summed E-state index contributed by atoms with van der Waals surface area (Å²) in [5.41, 5.74) is 0. The Hall–Kier alpha value is 1.47. The molecular weight excluding hydrogens is 465 g/mol. The summed E-state index contributed by atoms with van der Waals surface area (Å²) in [6, 6.07) is 0. The van der Waals surface area contributed by atoms with Crippen molar-refractivity contribution in [2.75, 3.05) is 0 Å². The molecule has 10 heavy (non-hydrogen) atoms. The third-order valence-electron chi connectivity index (χ3n) is 1.09. The van der Waals surface area contributed by atoms with E-state index in [-0.39, 0.29) is 20.4 Å². The van der Waals surface area contributed by atoms with Crippen molar-refractivity contribution in [1.82, 2.24) is 0 Å². The van der Waals surface area contributed by atoms with Gasteiger partial charge in [-0.2, -0.15) is 0 Å². The molecule has 0 saturated heterocycles. The van der Waals surface area contributed by atoms with Crippen LogP contribution in [0, 0.1) is 7.14 Å². The van der Waals surface area contributed by atoms with Crippen LogP contribution < -0.4 is 0 Å². The SMILES string of the molecule is C=CCc1[te]cc(I)c1I. The fourth-order valence-electron chi connectivity index (χ4n) is 0.628. The summed E-state index contributed by atoms with van der Waals surface area (Å²) in [7, 11) is 0. The number of rotatable bonds is 2. The van der Waals surface area contributed by atoms with Crippen molar-refractivity contribution in [2.45, 2.75) is 6.42 Å². The van der Waals surface area contributed by atoms with Crippen molar-refractivity contribution in [1.29, 1.82) is 0 Å². The Kier molecular flexibility index (Phi) is 4.29. The summed E-state index contributed by atoms with van der Waals surface area (Å²) in [5.74, 6) is 0. The summed E-state index contributed by atoms with van der Waals surface area (Å²) in [4.78, 5) is 0. The molecule has 0 spiro atoms. The van der Waals surface area contributed by atoms with Crippen LogP contribution in [0.5, 0.6) is 0 Å². The summed E-state index contributed by atoms with van der Waals surface area (Å²) >= 11 is 4.89. The van der Waals surface area contributed by atoms with Crippen LogP contribution in [-0.2, 0) is 6.42 Å². The first kappa shape index (κ1) is 9.56. The Morgan fingerprint density at radius 3 is 2.70 bits per heavy atom. The van der Waals surface area contributed by atoms with Gasteiger partial charge in [0.2, 0.25) is 0 Å². The van der Waals surface area contributed by atoms with Gasteiger partial charge in [-0.1, -0.05) is 0 Å². The van der Waals surface area contributed by atoms with E-state index in [4.69, 9.17) is 0 Å². The second-order valence-corrected chi connectivity index (χ2v) is 6.81. The van der Waals surface area contributed by atoms with Crippen LogP contribution in [0.1, 0.15) is 3.58 Å². The Labute approximate surface area is 98.0 Å². The first-order chi connectivity index (χ1) is 4.75. The topological polar surface area (TPSA) is 0 Å². The average Bonchev–Trinajstić information content (AvgIpc) is 2.20. The van der Waals surface area contributed by atoms with Gasteiger partial charge in [-0.3, -0.25) is 0 Å². The quantitative estimate of drug-likeness (QED) is 0.354. The molecule has 1 rings (SSSR count). The fourth-order valence-corrected chi connectivity index (χ4v) is 6.52. The number of hydrogen-bond acceptors (Lipinski definition) is 0. The zero-order valence-corrected chi connectivity index (χ0v) is 11.9. The molecule has 0 amide bonds. The third-order valence-corrected chi connectivity index (χ3v) is 9.53. The van der Waals surface area contributed by atoms with Crippen LogP contribution in [0.4, 0.5) is 0 Å². The van der Waals surface area contributed by atoms with E-state index in [1.54, 1.807) is 3.58 Å². The number of allylic oxidation sites excluding steroid dienone is 1. The van der Waals surface area contributed by atoms with Crippen molar-refractivity contribution in [2.24, 2.45) is 0 Å². The zero-order valence-electron chi connectivity index (χ0n) is 5.23. The van der Waals surface area contributed by atoms with Crippen LogP contribution in [-0.4, -0.2) is 20.4 Å². The molecule has 0 aliphatic heterocycles. The first-order valence-corrected chi connectivity index (χ1v) is 7.44. The molecular formula is C7H6I2Te. The normalized spacial score (nSPS) is 9.80. The molecule has 0 nitrogen and oxygen atoms in total. The van der Waals surface area contributed by atoms with Gasteiger partial charge in [-0.05, 0) is 0 Å². The van der Waals surface area contributed by atoms with Crippen molar-refractivity contribution in [3.05, 3.63) is 27.5 Å². The molecule has 54 valence electrons. The molecule has 1 aromatic heterocycles. The van der Waals surface area contributed by atoms with Crippen molar-refractivity contribution in [3.63, 3.8) is 0 Å². The van der Waals surface area contributed by atoms with Crippen molar-refractivity contribution in [3.8, 4) is 0 Å². The van der Waals surface area contributed by atoms with Gasteiger partial charge in [0.15, 0.2) is 0 Å². The van der Waals surface area contributed by atoms with E-state index in [2.05, 4.69) is 55.8 Å². The summed E-state index contributed by atoms with van der Waals surface area (Å²) in [5, 5.41) is 0. The fraction of sp³-hybridized carbons (Fsp3) is 0.143. The Morgan fingerprint density at radius 1 is 1.60 bits per heavy atom. The molecule has 0 atom stereocenters. The second-order valence-electron chi connectivity index (χ2n) is 1.81. The molecule has 0 saturated carbocycles. The van der Waals surface area contributed by atoms with Crippen LogP contribution in [0.3, 0.4) is 0 Å². The van der Waals surface area contributed by atoms with E-state index in [0.29, 0.717) is 0 Å². The minimum absolute atomic E-state index is 0.0559. The molecule has 1 aromatic rings. The van der Waals surface area contributed by atoms with Crippen LogP contribution >= 0.6 is 45.2 Å². The molecule has 0 aromatic carbocycles. The van der Waals surface area contributed by atoms with E-state index in [1.807, 2.05) is 6.08 Å². The van der Waals surface area contributed by atoms with Gasteiger partial charge in [0.25, 0.3) is 0 Å². The van der Waals surface area contributed by atoms with Gasteiger partial charge in [0.1, 0.15) is 0 Å². The molecule has 0 radical (unpaired) electrons. The standard InChI is InChI=1S/C7H6I2Te/c1-2-3-6-7(9)5(8)4-10-6/h2,4H,1,3H2. The number of hydrogen-bond donors (Lipinski definition) is 0. The summed E-state index contributed by atoms with van der Waals surface area (Å²) in [6.45, 7) is 3.74. The van der Waals surface area contributed by atoms with Crippen molar-refractivity contribution >= 4 is 65.6 Å². The van der Waals surface area contributed by atoms with Gasteiger partial charge in [0, 0.05) is 0 Å². The summed E-state index contributed by atoms with van der Waals surface area (Å²) in [6.07, 6.45) is 3.10. The van der Waals surface area contributed by atoms with Crippen LogP contribution in [0.15, 0.2) is 16.7 Å². The van der Waals surface area contributed by atoms with Gasteiger partial charge >= 0.3 is 99.5 Å². The molecule has 0 N–H and O–H groups in total. The zero-order chi connectivity index (χ0) is 7.56. The summed E-state index contributed by atoms with van der Waals surface area (Å²) < 4.78 is 6.98.